The van der Waals surface area contributed by atoms with E-state index in [1.54, 1.807) is 12.1 Å². The topological polar surface area (TPSA) is 29.5 Å². The van der Waals surface area contributed by atoms with Crippen LogP contribution < -0.4 is 4.74 Å². The first kappa shape index (κ1) is 12.7. The third-order valence-electron chi connectivity index (χ3n) is 4.39. The van der Waals surface area contributed by atoms with Crippen molar-refractivity contribution in [3.63, 3.8) is 0 Å². The van der Waals surface area contributed by atoms with Gasteiger partial charge in [0.1, 0.15) is 5.75 Å². The van der Waals surface area contributed by atoms with E-state index >= 15 is 0 Å². The molecule has 1 aromatic carbocycles. The first-order valence-corrected chi connectivity index (χ1v) is 7.22. The van der Waals surface area contributed by atoms with Crippen molar-refractivity contribution in [1.82, 2.24) is 4.90 Å². The molecule has 3 rings (SSSR count). The molecule has 1 aromatic rings. The summed E-state index contributed by atoms with van der Waals surface area (Å²) in [7, 11) is 0. The lowest BCUT2D eigenvalue weighted by Gasteiger charge is -2.44. The number of likely N-dealkylation sites (tertiary alicyclic amines) is 1. The maximum atomic E-state index is 10.4. The molecular weight excluding hydrogens is 238 g/mol. The van der Waals surface area contributed by atoms with Crippen molar-refractivity contribution in [2.24, 2.45) is 5.92 Å². The van der Waals surface area contributed by atoms with Gasteiger partial charge in [-0.3, -0.25) is 9.69 Å². The van der Waals surface area contributed by atoms with Gasteiger partial charge < -0.3 is 4.74 Å². The zero-order chi connectivity index (χ0) is 13.1. The summed E-state index contributed by atoms with van der Waals surface area (Å²) >= 11 is 0. The number of benzene rings is 1. The van der Waals surface area contributed by atoms with Crippen LogP contribution in [-0.4, -0.2) is 36.9 Å². The number of nitrogens with zero attached hydrogens (tertiary/aromatic N) is 1. The Morgan fingerprint density at radius 2 is 2.11 bits per heavy atom. The second kappa shape index (κ2) is 5.74. The molecule has 1 radical (unpaired) electrons. The number of hydrogen-bond donors (Lipinski definition) is 0. The van der Waals surface area contributed by atoms with Gasteiger partial charge in [0.05, 0.1) is 6.61 Å². The number of carbonyl (C=O) groups excluding carboxylic acids is 1. The lowest BCUT2D eigenvalue weighted by molar-refractivity contribution is 0.0341. The molecule has 3 nitrogen and oxygen atoms in total. The van der Waals surface area contributed by atoms with E-state index in [0.29, 0.717) is 5.56 Å². The highest BCUT2D eigenvalue weighted by molar-refractivity contribution is 5.75. The van der Waals surface area contributed by atoms with Crippen molar-refractivity contribution in [2.45, 2.75) is 31.7 Å². The first-order valence-electron chi connectivity index (χ1n) is 7.22. The minimum Gasteiger partial charge on any atom is -0.494 e. The van der Waals surface area contributed by atoms with Crippen LogP contribution in [0.3, 0.4) is 0 Å². The molecule has 1 heterocycles. The summed E-state index contributed by atoms with van der Waals surface area (Å²) < 4.78 is 5.68. The Balaban J connectivity index is 1.35. The van der Waals surface area contributed by atoms with Gasteiger partial charge in [-0.15, -0.1) is 0 Å². The zero-order valence-corrected chi connectivity index (χ0v) is 11.2. The summed E-state index contributed by atoms with van der Waals surface area (Å²) in [6.07, 6.45) is 7.19. The van der Waals surface area contributed by atoms with Crippen LogP contribution in [0.5, 0.6) is 5.75 Å². The van der Waals surface area contributed by atoms with Gasteiger partial charge in [0.15, 0.2) is 0 Å². The largest absolute Gasteiger partial charge is 0.494 e. The molecule has 2 aliphatic rings. The van der Waals surface area contributed by atoms with Crippen LogP contribution in [0.25, 0.3) is 0 Å². The van der Waals surface area contributed by atoms with Gasteiger partial charge in [-0.1, -0.05) is 6.42 Å². The van der Waals surface area contributed by atoms with Gasteiger partial charge in [-0.2, -0.15) is 0 Å². The highest BCUT2D eigenvalue weighted by Gasteiger charge is 2.41. The monoisotopic (exact) mass is 258 g/mol. The van der Waals surface area contributed by atoms with Gasteiger partial charge in [0, 0.05) is 24.7 Å². The maximum absolute atomic E-state index is 10.4. The van der Waals surface area contributed by atoms with Gasteiger partial charge in [0.2, 0.25) is 6.29 Å². The molecular formula is C16H20NO2. The van der Waals surface area contributed by atoms with E-state index in [2.05, 4.69) is 4.90 Å². The molecule has 0 aromatic heterocycles. The van der Waals surface area contributed by atoms with Crippen LogP contribution in [0.4, 0.5) is 0 Å². The Labute approximate surface area is 114 Å². The Morgan fingerprint density at radius 3 is 2.84 bits per heavy atom. The summed E-state index contributed by atoms with van der Waals surface area (Å²) in [6.45, 7) is 3.20. The minimum atomic E-state index is 0.570. The Morgan fingerprint density at radius 1 is 1.26 bits per heavy atom. The van der Waals surface area contributed by atoms with E-state index in [4.69, 9.17) is 4.74 Å². The van der Waals surface area contributed by atoms with Crippen molar-refractivity contribution in [2.75, 3.05) is 19.7 Å². The van der Waals surface area contributed by atoms with Gasteiger partial charge in [-0.25, -0.2) is 0 Å². The molecule has 0 spiro atoms. The molecule has 0 amide bonds. The second-order valence-corrected chi connectivity index (χ2v) is 5.58. The summed E-state index contributed by atoms with van der Waals surface area (Å²) in [5.41, 5.74) is 0.570. The van der Waals surface area contributed by atoms with E-state index in [9.17, 15) is 4.79 Å². The lowest BCUT2D eigenvalue weighted by atomic mass is 9.92. The predicted octanol–water partition coefficient (Wildman–Crippen LogP) is 2.40. The van der Waals surface area contributed by atoms with Crippen molar-refractivity contribution < 1.29 is 9.53 Å². The Bertz CT molecular complexity index is 429. The van der Waals surface area contributed by atoms with Crippen LogP contribution in [0.1, 0.15) is 31.2 Å². The van der Waals surface area contributed by atoms with E-state index in [-0.39, 0.29) is 0 Å². The zero-order valence-electron chi connectivity index (χ0n) is 11.2. The van der Waals surface area contributed by atoms with Crippen molar-refractivity contribution in [3.05, 3.63) is 29.8 Å². The standard InChI is InChI=1S/C16H20NO2/c18-12-13-5-7-15(8-6-13)19-10-2-9-17-11-14-3-1-4-16(14)17/h5-8,14,16H,1-4,9-11H2/t14-,16-/m1/s1. The van der Waals surface area contributed by atoms with E-state index in [1.807, 2.05) is 18.4 Å². The fourth-order valence-corrected chi connectivity index (χ4v) is 3.34. The summed E-state index contributed by atoms with van der Waals surface area (Å²) in [5, 5.41) is 0. The van der Waals surface area contributed by atoms with E-state index < -0.39 is 0 Å². The van der Waals surface area contributed by atoms with Gasteiger partial charge in [0.25, 0.3) is 0 Å². The van der Waals surface area contributed by atoms with E-state index in [0.717, 1.165) is 37.3 Å². The number of hydrogen-bond acceptors (Lipinski definition) is 3. The third kappa shape index (κ3) is 2.81. The van der Waals surface area contributed by atoms with Crippen LogP contribution in [-0.2, 0) is 4.79 Å². The fourth-order valence-electron chi connectivity index (χ4n) is 3.34. The molecule has 1 saturated heterocycles. The first-order chi connectivity index (χ1) is 9.36. The quantitative estimate of drug-likeness (QED) is 0.734. The van der Waals surface area contributed by atoms with Crippen LogP contribution in [0, 0.1) is 5.92 Å². The Kier molecular flexibility index (Phi) is 3.83. The Hall–Kier alpha value is -1.35. The molecule has 2 atom stereocenters. The molecule has 2 fully saturated rings. The fraction of sp³-hybridized carbons (Fsp3) is 0.562. The van der Waals surface area contributed by atoms with Crippen LogP contribution >= 0.6 is 0 Å². The average Bonchev–Trinajstić information content (AvgIpc) is 2.80. The third-order valence-corrected chi connectivity index (χ3v) is 4.39. The molecule has 0 bridgehead atoms. The molecule has 3 heteroatoms. The van der Waals surface area contributed by atoms with Crippen molar-refractivity contribution >= 4 is 6.29 Å². The van der Waals surface area contributed by atoms with Crippen molar-refractivity contribution in [3.8, 4) is 5.75 Å². The second-order valence-electron chi connectivity index (χ2n) is 5.58. The molecule has 1 aliphatic carbocycles. The smallest absolute Gasteiger partial charge is 0.233 e. The maximum Gasteiger partial charge on any atom is 0.233 e. The average molecular weight is 258 g/mol. The minimum absolute atomic E-state index is 0.570. The number of fused-ring (bicyclic) bond motifs is 1. The number of ether oxygens (including phenoxy) is 1. The summed E-state index contributed by atoms with van der Waals surface area (Å²) in [5.74, 6) is 1.83. The normalized spacial score (nSPS) is 25.7. The summed E-state index contributed by atoms with van der Waals surface area (Å²) in [4.78, 5) is 13.0. The van der Waals surface area contributed by atoms with E-state index in [1.165, 1.54) is 25.8 Å². The molecule has 101 valence electrons. The predicted molar refractivity (Wildman–Crippen MR) is 74.1 cm³/mol. The molecule has 0 N–H and O–H groups in total. The van der Waals surface area contributed by atoms with Crippen LogP contribution in [0.15, 0.2) is 24.3 Å². The van der Waals surface area contributed by atoms with Gasteiger partial charge >= 0.3 is 0 Å². The number of rotatable bonds is 6. The highest BCUT2D eigenvalue weighted by Crippen LogP contribution is 2.38. The molecule has 1 saturated carbocycles. The van der Waals surface area contributed by atoms with Crippen molar-refractivity contribution in [1.29, 1.82) is 0 Å². The SMILES string of the molecule is O=[C]c1ccc(OCCCN2C[C@H]3CCC[C@H]32)cc1. The molecule has 0 unspecified atom stereocenters. The lowest BCUT2D eigenvalue weighted by Crippen LogP contribution is -2.53. The highest BCUT2D eigenvalue weighted by atomic mass is 16.5. The van der Waals surface area contributed by atoms with Gasteiger partial charge in [-0.05, 0) is 49.4 Å². The summed E-state index contributed by atoms with van der Waals surface area (Å²) in [6, 6.07) is 8.01. The molecule has 19 heavy (non-hydrogen) atoms. The molecule has 1 aliphatic heterocycles. The van der Waals surface area contributed by atoms with Crippen LogP contribution in [0.2, 0.25) is 0 Å².